The summed E-state index contributed by atoms with van der Waals surface area (Å²) < 4.78 is 40.6. The predicted octanol–water partition coefficient (Wildman–Crippen LogP) is 9.44. The summed E-state index contributed by atoms with van der Waals surface area (Å²) in [6.45, 7) is 12.6. The highest BCUT2D eigenvalue weighted by Gasteiger charge is 2.65. The van der Waals surface area contributed by atoms with Crippen LogP contribution in [0.4, 0.5) is 9.18 Å². The Kier molecular flexibility index (Phi) is 16.1. The standard InChI is InChI=1S/C49H59FN2O8/c1-4-7-29-57-48(55)52(33-35-19-21-38(50)22-20-35)45-32-43(51-59-34-36-15-9-8-10-16-36)41-30-37(17-11-13-25-53)40(18-12-14-26-54)46-42-31-39(56-27-5-2)23-24-44(42)60-49(45,47(41)46)58-28-6-3/h4-6,8-10,15-16,19-24,30-31,37,40,45-47,53-54H,1-3,7,11-14,17-18,25-29,32-34H2/t37-,40+,45-,46+,47+,49+/m0/s1. The molecule has 320 valence electrons. The molecule has 0 unspecified atom stereocenters. The Morgan fingerprint density at radius 2 is 1.67 bits per heavy atom. The Morgan fingerprint density at radius 1 is 0.917 bits per heavy atom. The average Bonchev–Trinajstić information content (AvgIpc) is 3.26. The predicted molar refractivity (Wildman–Crippen MR) is 230 cm³/mol. The number of ether oxygens (including phenoxy) is 4. The van der Waals surface area contributed by atoms with Gasteiger partial charge in [-0.2, -0.15) is 0 Å². The van der Waals surface area contributed by atoms with E-state index in [0.29, 0.717) is 48.6 Å². The zero-order valence-electron chi connectivity index (χ0n) is 34.5. The Bertz CT molecular complexity index is 1950. The first kappa shape index (κ1) is 44.3. The Labute approximate surface area is 353 Å². The number of carbonyl (C=O) groups excluding carboxylic acids is 1. The van der Waals surface area contributed by atoms with Crippen molar-refractivity contribution in [3.8, 4) is 11.5 Å². The smallest absolute Gasteiger partial charge is 0.410 e. The third kappa shape index (κ3) is 10.4. The van der Waals surface area contributed by atoms with E-state index in [9.17, 15) is 19.4 Å². The fourth-order valence-corrected chi connectivity index (χ4v) is 9.05. The highest BCUT2D eigenvalue weighted by molar-refractivity contribution is 6.03. The van der Waals surface area contributed by atoms with Gasteiger partial charge < -0.3 is 34.0 Å². The van der Waals surface area contributed by atoms with E-state index in [1.807, 2.05) is 48.5 Å². The van der Waals surface area contributed by atoms with Gasteiger partial charge in [0.2, 0.25) is 5.79 Å². The van der Waals surface area contributed by atoms with Crippen LogP contribution in [0.15, 0.2) is 128 Å². The number of nitrogens with zero attached hydrogens (tertiary/aromatic N) is 2. The number of amides is 1. The number of carbonyl (C=O) groups is 1. The molecule has 3 aromatic carbocycles. The van der Waals surface area contributed by atoms with Crippen molar-refractivity contribution in [3.05, 3.63) is 145 Å². The van der Waals surface area contributed by atoms with Crippen molar-refractivity contribution < 1.29 is 43.2 Å². The molecule has 6 atom stereocenters. The summed E-state index contributed by atoms with van der Waals surface area (Å²) in [5.41, 5.74) is 4.13. The largest absolute Gasteiger partial charge is 0.490 e. The maximum absolute atomic E-state index is 14.6. The number of rotatable bonds is 23. The van der Waals surface area contributed by atoms with Crippen LogP contribution in [-0.2, 0) is 27.5 Å². The van der Waals surface area contributed by atoms with Crippen LogP contribution >= 0.6 is 0 Å². The second-order valence-corrected chi connectivity index (χ2v) is 15.6. The zero-order chi connectivity index (χ0) is 42.3. The number of allylic oxidation sites excluding steroid dienone is 1. The van der Waals surface area contributed by atoms with Crippen LogP contribution in [-0.4, -0.2) is 71.8 Å². The number of oxime groups is 1. The normalized spacial score (nSPS) is 23.3. The number of aliphatic hydroxyl groups is 2. The summed E-state index contributed by atoms with van der Waals surface area (Å²) in [6.07, 6.45) is 11.9. The van der Waals surface area contributed by atoms with Crippen molar-refractivity contribution in [2.45, 2.75) is 82.3 Å². The summed E-state index contributed by atoms with van der Waals surface area (Å²) in [6, 6.07) is 20.8. The summed E-state index contributed by atoms with van der Waals surface area (Å²) in [5.74, 6) is -1.31. The third-order valence-corrected chi connectivity index (χ3v) is 11.7. The average molecular weight is 823 g/mol. The molecule has 6 rings (SSSR count). The molecule has 0 radical (unpaired) electrons. The molecule has 1 heterocycles. The van der Waals surface area contributed by atoms with E-state index in [2.05, 4.69) is 25.8 Å². The lowest BCUT2D eigenvalue weighted by molar-refractivity contribution is -0.256. The molecular weight excluding hydrogens is 764 g/mol. The summed E-state index contributed by atoms with van der Waals surface area (Å²) in [5, 5.41) is 24.7. The lowest BCUT2D eigenvalue weighted by Gasteiger charge is -2.59. The van der Waals surface area contributed by atoms with Crippen LogP contribution < -0.4 is 9.47 Å². The quantitative estimate of drug-likeness (QED) is 0.0552. The minimum absolute atomic E-state index is 0.0309. The van der Waals surface area contributed by atoms with E-state index >= 15 is 0 Å². The van der Waals surface area contributed by atoms with Crippen molar-refractivity contribution in [2.24, 2.45) is 22.9 Å². The van der Waals surface area contributed by atoms with E-state index < -0.39 is 29.7 Å². The van der Waals surface area contributed by atoms with Crippen LogP contribution in [0, 0.1) is 23.6 Å². The first-order chi connectivity index (χ1) is 29.4. The molecule has 0 bridgehead atoms. The Hall–Kier alpha value is -5.23. The number of unbranched alkanes of at least 4 members (excludes halogenated alkanes) is 2. The lowest BCUT2D eigenvalue weighted by Crippen LogP contribution is -2.70. The van der Waals surface area contributed by atoms with Crippen molar-refractivity contribution >= 4 is 11.8 Å². The van der Waals surface area contributed by atoms with E-state index in [-0.39, 0.29) is 63.8 Å². The Morgan fingerprint density at radius 3 is 2.38 bits per heavy atom. The molecule has 1 saturated carbocycles. The lowest BCUT2D eigenvalue weighted by atomic mass is 9.55. The van der Waals surface area contributed by atoms with Gasteiger partial charge in [0.25, 0.3) is 0 Å². The maximum atomic E-state index is 14.6. The second-order valence-electron chi connectivity index (χ2n) is 15.6. The number of fused-ring (bicyclic) bond motifs is 2. The summed E-state index contributed by atoms with van der Waals surface area (Å²) >= 11 is 0. The molecule has 11 heteroatoms. The number of halogens is 1. The van der Waals surface area contributed by atoms with E-state index in [0.717, 1.165) is 42.4 Å². The van der Waals surface area contributed by atoms with Crippen LogP contribution in [0.25, 0.3) is 0 Å². The molecular formula is C49H59FN2O8. The molecule has 2 N–H and O–H groups in total. The van der Waals surface area contributed by atoms with Crippen LogP contribution in [0.1, 0.15) is 74.0 Å². The second kappa shape index (κ2) is 21.9. The molecule has 3 aliphatic rings. The van der Waals surface area contributed by atoms with E-state index in [1.54, 1.807) is 35.3 Å². The van der Waals surface area contributed by atoms with Crippen molar-refractivity contribution in [1.82, 2.24) is 4.90 Å². The van der Waals surface area contributed by atoms with Crippen molar-refractivity contribution in [1.29, 1.82) is 0 Å². The first-order valence-corrected chi connectivity index (χ1v) is 21.1. The highest BCUT2D eigenvalue weighted by Crippen LogP contribution is 2.62. The van der Waals surface area contributed by atoms with Gasteiger partial charge in [-0.1, -0.05) is 91.3 Å². The highest BCUT2D eigenvalue weighted by atomic mass is 19.1. The summed E-state index contributed by atoms with van der Waals surface area (Å²) in [4.78, 5) is 22.4. The fraction of sp³-hybridized carbons (Fsp3) is 0.429. The molecule has 0 spiro atoms. The van der Waals surface area contributed by atoms with Gasteiger partial charge >= 0.3 is 6.09 Å². The Balaban J connectivity index is 1.60. The van der Waals surface area contributed by atoms with Gasteiger partial charge in [-0.15, -0.1) is 13.2 Å². The maximum Gasteiger partial charge on any atom is 0.410 e. The van der Waals surface area contributed by atoms with Crippen LogP contribution in [0.2, 0.25) is 0 Å². The topological polar surface area (TPSA) is 119 Å². The number of benzene rings is 3. The summed E-state index contributed by atoms with van der Waals surface area (Å²) in [7, 11) is 0. The molecule has 0 saturated heterocycles. The molecule has 1 fully saturated rings. The molecule has 0 aromatic heterocycles. The number of hydrogen-bond donors (Lipinski definition) is 2. The van der Waals surface area contributed by atoms with Gasteiger partial charge in [0, 0.05) is 37.7 Å². The zero-order valence-corrected chi connectivity index (χ0v) is 34.5. The number of aliphatic hydroxyl groups excluding tert-OH is 2. The first-order valence-electron chi connectivity index (χ1n) is 21.1. The molecule has 2 aliphatic carbocycles. The third-order valence-electron chi connectivity index (χ3n) is 11.7. The SMILES string of the molecule is C=CCCOC(=O)N(Cc1ccc(F)cc1)[C@H]1CC(=NOCc2ccccc2)C2=C[C@H](CCCCO)[C@@H](CCCCO)[C@@H]3c4cc(OCC=C)ccc4O[C@@]1(OCC=C)[C@H]23. The van der Waals surface area contributed by atoms with Gasteiger partial charge in [0.1, 0.15) is 36.6 Å². The molecule has 3 aromatic rings. The molecule has 1 aliphatic heterocycles. The van der Waals surface area contributed by atoms with Gasteiger partial charge in [-0.05, 0) is 91.0 Å². The van der Waals surface area contributed by atoms with E-state index in [4.69, 9.17) is 28.9 Å². The minimum atomic E-state index is -1.50. The van der Waals surface area contributed by atoms with Gasteiger partial charge in [0.15, 0.2) is 0 Å². The molecule has 1 amide bonds. The molecule has 60 heavy (non-hydrogen) atoms. The van der Waals surface area contributed by atoms with Crippen LogP contribution in [0.5, 0.6) is 11.5 Å². The van der Waals surface area contributed by atoms with Crippen molar-refractivity contribution in [3.63, 3.8) is 0 Å². The van der Waals surface area contributed by atoms with Crippen molar-refractivity contribution in [2.75, 3.05) is 33.0 Å². The fourth-order valence-electron chi connectivity index (χ4n) is 9.05. The molecule has 10 nitrogen and oxygen atoms in total. The number of hydrogen-bond acceptors (Lipinski definition) is 9. The van der Waals surface area contributed by atoms with Gasteiger partial charge in [-0.25, -0.2) is 9.18 Å². The monoisotopic (exact) mass is 822 g/mol. The van der Waals surface area contributed by atoms with Gasteiger partial charge in [0.05, 0.1) is 24.8 Å². The van der Waals surface area contributed by atoms with Crippen LogP contribution in [0.3, 0.4) is 0 Å². The van der Waals surface area contributed by atoms with Gasteiger partial charge in [-0.3, -0.25) is 4.90 Å². The van der Waals surface area contributed by atoms with E-state index in [1.165, 1.54) is 12.1 Å². The minimum Gasteiger partial charge on any atom is -0.490 e.